The summed E-state index contributed by atoms with van der Waals surface area (Å²) in [6, 6.07) is 8.27. The van der Waals surface area contributed by atoms with Crippen molar-refractivity contribution in [2.75, 3.05) is 13.2 Å². The monoisotopic (exact) mass is 266 g/mol. The summed E-state index contributed by atoms with van der Waals surface area (Å²) in [6.45, 7) is 4.78. The van der Waals surface area contributed by atoms with Crippen LogP contribution in [-0.4, -0.2) is 19.2 Å². The first-order valence-corrected chi connectivity index (χ1v) is 6.89. The van der Waals surface area contributed by atoms with Crippen molar-refractivity contribution >= 4 is 18.0 Å². The van der Waals surface area contributed by atoms with Crippen LogP contribution in [0.2, 0.25) is 0 Å². The standard InChI is InChI=1S/C14H18O3S/c1-10-3-5-14(6-4-10)18-17-9-13-7-12(13)8-16-11(2)15/h3-6,12-13H,7-9H2,1-2H3/t12-,13+/m0/s1. The summed E-state index contributed by atoms with van der Waals surface area (Å²) in [5.74, 6) is 0.838. The molecule has 0 saturated heterocycles. The normalized spacial score (nSPS) is 21.7. The number of carbonyl (C=O) groups is 1. The summed E-state index contributed by atoms with van der Waals surface area (Å²) in [6.07, 6.45) is 1.10. The Morgan fingerprint density at radius 1 is 1.28 bits per heavy atom. The zero-order chi connectivity index (χ0) is 13.0. The third-order valence-corrected chi connectivity index (χ3v) is 3.75. The average Bonchev–Trinajstić information content (AvgIpc) is 3.08. The van der Waals surface area contributed by atoms with Crippen molar-refractivity contribution in [3.63, 3.8) is 0 Å². The lowest BCUT2D eigenvalue weighted by Crippen LogP contribution is -2.04. The van der Waals surface area contributed by atoms with Crippen molar-refractivity contribution in [2.45, 2.75) is 25.2 Å². The van der Waals surface area contributed by atoms with Gasteiger partial charge < -0.3 is 8.92 Å². The van der Waals surface area contributed by atoms with Gasteiger partial charge in [0, 0.05) is 23.9 Å². The molecule has 0 heterocycles. The molecule has 1 aromatic carbocycles. The van der Waals surface area contributed by atoms with Crippen LogP contribution >= 0.6 is 12.0 Å². The van der Waals surface area contributed by atoms with E-state index in [1.807, 2.05) is 0 Å². The molecule has 0 bridgehead atoms. The van der Waals surface area contributed by atoms with Crippen LogP contribution in [0.5, 0.6) is 0 Å². The molecule has 1 aliphatic carbocycles. The Labute approximate surface area is 112 Å². The SMILES string of the molecule is CC(=O)OC[C@@H]1C[C@@H]1COSc1ccc(C)cc1. The molecule has 1 aromatic rings. The lowest BCUT2D eigenvalue weighted by molar-refractivity contribution is -0.141. The van der Waals surface area contributed by atoms with E-state index in [1.165, 1.54) is 24.5 Å². The number of hydrogen-bond acceptors (Lipinski definition) is 4. The molecule has 1 aliphatic rings. The van der Waals surface area contributed by atoms with Crippen LogP contribution < -0.4 is 0 Å². The second kappa shape index (κ2) is 6.25. The van der Waals surface area contributed by atoms with Gasteiger partial charge in [-0.25, -0.2) is 0 Å². The maximum atomic E-state index is 10.7. The minimum atomic E-state index is -0.199. The highest BCUT2D eigenvalue weighted by atomic mass is 32.2. The van der Waals surface area contributed by atoms with Gasteiger partial charge >= 0.3 is 5.97 Å². The number of ether oxygens (including phenoxy) is 1. The molecule has 1 saturated carbocycles. The second-order valence-corrected chi connectivity index (χ2v) is 5.61. The van der Waals surface area contributed by atoms with Crippen LogP contribution in [0, 0.1) is 18.8 Å². The van der Waals surface area contributed by atoms with E-state index in [1.54, 1.807) is 0 Å². The van der Waals surface area contributed by atoms with Crippen molar-refractivity contribution < 1.29 is 13.7 Å². The average molecular weight is 266 g/mol. The van der Waals surface area contributed by atoms with Crippen molar-refractivity contribution in [3.05, 3.63) is 29.8 Å². The van der Waals surface area contributed by atoms with Gasteiger partial charge in [0.15, 0.2) is 0 Å². The van der Waals surface area contributed by atoms with Gasteiger partial charge in [-0.05, 0) is 37.3 Å². The van der Waals surface area contributed by atoms with Gasteiger partial charge in [0.05, 0.1) is 13.2 Å². The molecule has 2 rings (SSSR count). The second-order valence-electron chi connectivity index (χ2n) is 4.74. The van der Waals surface area contributed by atoms with E-state index < -0.39 is 0 Å². The predicted molar refractivity (Wildman–Crippen MR) is 71.2 cm³/mol. The zero-order valence-electron chi connectivity index (χ0n) is 10.7. The van der Waals surface area contributed by atoms with Crippen molar-refractivity contribution in [1.29, 1.82) is 0 Å². The fraction of sp³-hybridized carbons (Fsp3) is 0.500. The first kappa shape index (κ1) is 13.4. The van der Waals surface area contributed by atoms with Crippen LogP contribution in [-0.2, 0) is 13.7 Å². The Balaban J connectivity index is 1.60. The molecular weight excluding hydrogens is 248 g/mol. The lowest BCUT2D eigenvalue weighted by atomic mass is 10.2. The van der Waals surface area contributed by atoms with Gasteiger partial charge in [0.1, 0.15) is 0 Å². The molecule has 0 spiro atoms. The van der Waals surface area contributed by atoms with Crippen LogP contribution in [0.1, 0.15) is 18.9 Å². The predicted octanol–water partition coefficient (Wildman–Crippen LogP) is 3.22. The largest absolute Gasteiger partial charge is 0.466 e. The maximum Gasteiger partial charge on any atom is 0.302 e. The summed E-state index contributed by atoms with van der Waals surface area (Å²) >= 11 is 1.42. The smallest absolute Gasteiger partial charge is 0.302 e. The van der Waals surface area contributed by atoms with Crippen LogP contribution in [0.3, 0.4) is 0 Å². The van der Waals surface area contributed by atoms with Crippen molar-refractivity contribution in [1.82, 2.24) is 0 Å². The number of hydrogen-bond donors (Lipinski definition) is 0. The quantitative estimate of drug-likeness (QED) is 0.585. The number of aryl methyl sites for hydroxylation is 1. The molecule has 0 aliphatic heterocycles. The van der Waals surface area contributed by atoms with E-state index in [-0.39, 0.29) is 5.97 Å². The molecule has 18 heavy (non-hydrogen) atoms. The molecule has 0 unspecified atom stereocenters. The summed E-state index contributed by atoms with van der Waals surface area (Å²) in [5.41, 5.74) is 1.25. The van der Waals surface area contributed by atoms with Crippen LogP contribution in [0.15, 0.2) is 29.2 Å². The summed E-state index contributed by atoms with van der Waals surface area (Å²) < 4.78 is 10.6. The fourth-order valence-corrected chi connectivity index (χ4v) is 2.35. The van der Waals surface area contributed by atoms with Gasteiger partial charge in [-0.15, -0.1) is 0 Å². The maximum absolute atomic E-state index is 10.7. The number of esters is 1. The Morgan fingerprint density at radius 3 is 2.61 bits per heavy atom. The third kappa shape index (κ3) is 4.35. The Kier molecular flexibility index (Phi) is 4.66. The highest BCUT2D eigenvalue weighted by Gasteiger charge is 2.38. The van der Waals surface area contributed by atoms with E-state index in [0.29, 0.717) is 18.4 Å². The van der Waals surface area contributed by atoms with Crippen LogP contribution in [0.4, 0.5) is 0 Å². The molecule has 98 valence electrons. The van der Waals surface area contributed by atoms with Gasteiger partial charge in [0.2, 0.25) is 0 Å². The molecular formula is C14H18O3S. The van der Waals surface area contributed by atoms with E-state index in [2.05, 4.69) is 31.2 Å². The number of benzene rings is 1. The summed E-state index contributed by atoms with van der Waals surface area (Å²) in [7, 11) is 0. The number of rotatable bonds is 6. The molecule has 1 fully saturated rings. The van der Waals surface area contributed by atoms with E-state index in [4.69, 9.17) is 8.92 Å². The van der Waals surface area contributed by atoms with E-state index in [9.17, 15) is 4.79 Å². The summed E-state index contributed by atoms with van der Waals surface area (Å²) in [4.78, 5) is 11.8. The van der Waals surface area contributed by atoms with E-state index in [0.717, 1.165) is 17.9 Å². The minimum Gasteiger partial charge on any atom is -0.466 e. The molecule has 0 amide bonds. The molecule has 0 aromatic heterocycles. The minimum absolute atomic E-state index is 0.199. The van der Waals surface area contributed by atoms with Crippen LogP contribution in [0.25, 0.3) is 0 Å². The third-order valence-electron chi connectivity index (χ3n) is 3.03. The van der Waals surface area contributed by atoms with Gasteiger partial charge in [-0.3, -0.25) is 4.79 Å². The Morgan fingerprint density at radius 2 is 1.94 bits per heavy atom. The zero-order valence-corrected chi connectivity index (χ0v) is 11.5. The fourth-order valence-electron chi connectivity index (χ4n) is 1.73. The molecule has 3 nitrogen and oxygen atoms in total. The number of carbonyl (C=O) groups excluding carboxylic acids is 1. The van der Waals surface area contributed by atoms with Crippen molar-refractivity contribution in [3.8, 4) is 0 Å². The van der Waals surface area contributed by atoms with Gasteiger partial charge in [-0.2, -0.15) is 0 Å². The first-order chi connectivity index (χ1) is 8.65. The lowest BCUT2D eigenvalue weighted by Gasteiger charge is -2.03. The van der Waals surface area contributed by atoms with Gasteiger partial charge in [0.25, 0.3) is 0 Å². The molecule has 4 heteroatoms. The first-order valence-electron chi connectivity index (χ1n) is 6.14. The summed E-state index contributed by atoms with van der Waals surface area (Å²) in [5, 5.41) is 0. The molecule has 0 N–H and O–H groups in total. The highest BCUT2D eigenvalue weighted by molar-refractivity contribution is 7.94. The van der Waals surface area contributed by atoms with Crippen molar-refractivity contribution in [2.24, 2.45) is 11.8 Å². The Bertz CT molecular complexity index is 402. The topological polar surface area (TPSA) is 35.5 Å². The van der Waals surface area contributed by atoms with Gasteiger partial charge in [-0.1, -0.05) is 17.7 Å². The Hall–Kier alpha value is -1.00. The molecule has 2 atom stereocenters. The highest BCUT2D eigenvalue weighted by Crippen LogP contribution is 2.40. The molecule has 0 radical (unpaired) electrons. The van der Waals surface area contributed by atoms with E-state index >= 15 is 0 Å².